The third-order valence-corrected chi connectivity index (χ3v) is 2.13. The maximum absolute atomic E-state index is 11.4. The predicted molar refractivity (Wildman–Crippen MR) is 61.2 cm³/mol. The van der Waals surface area contributed by atoms with Crippen LogP contribution in [-0.4, -0.2) is 40.6 Å². The van der Waals surface area contributed by atoms with E-state index in [0.29, 0.717) is 10.4 Å². The van der Waals surface area contributed by atoms with Gasteiger partial charge in [0.1, 0.15) is 17.0 Å². The molecule has 0 bridgehead atoms. The highest BCUT2D eigenvalue weighted by Crippen LogP contribution is 2.09. The summed E-state index contributed by atoms with van der Waals surface area (Å²) in [5, 5.41) is 11.0. The second kappa shape index (κ2) is 5.45. The Bertz CT molecular complexity index is 411. The monoisotopic (exact) mass is 287 g/mol. The molecule has 6 nitrogen and oxygen atoms in total. The number of pyridine rings is 1. The van der Waals surface area contributed by atoms with E-state index in [9.17, 15) is 9.59 Å². The summed E-state index contributed by atoms with van der Waals surface area (Å²) < 4.78 is 0.594. The average Bonchev–Trinajstić information content (AvgIpc) is 2.16. The first kappa shape index (κ1) is 12.4. The highest BCUT2D eigenvalue weighted by molar-refractivity contribution is 9.10. The third-order valence-electron chi connectivity index (χ3n) is 1.69. The minimum Gasteiger partial charge on any atom is -0.465 e. The van der Waals surface area contributed by atoms with E-state index in [1.807, 2.05) is 0 Å². The molecule has 1 aromatic heterocycles. The number of halogens is 1. The summed E-state index contributed by atoms with van der Waals surface area (Å²) >= 11 is 3.16. The van der Waals surface area contributed by atoms with Crippen LogP contribution in [0, 0.1) is 0 Å². The first-order valence-electron chi connectivity index (χ1n) is 4.35. The van der Waals surface area contributed by atoms with Crippen LogP contribution in [0.15, 0.2) is 22.8 Å². The van der Waals surface area contributed by atoms with Crippen LogP contribution in [0.25, 0.3) is 0 Å². The fraction of sp³-hybridized carbons (Fsp3) is 0.222. The number of amides is 2. The Morgan fingerprint density at radius 3 is 2.81 bits per heavy atom. The van der Waals surface area contributed by atoms with Crippen LogP contribution in [-0.2, 0) is 4.79 Å². The molecule has 1 aromatic rings. The molecule has 0 saturated carbocycles. The van der Waals surface area contributed by atoms with E-state index in [4.69, 9.17) is 5.11 Å². The lowest BCUT2D eigenvalue weighted by Gasteiger charge is -2.12. The molecular weight excluding hydrogens is 278 g/mol. The van der Waals surface area contributed by atoms with Gasteiger partial charge in [-0.3, -0.25) is 4.79 Å². The molecule has 0 atom stereocenters. The molecule has 1 heterocycles. The van der Waals surface area contributed by atoms with Gasteiger partial charge in [-0.2, -0.15) is 0 Å². The van der Waals surface area contributed by atoms with Crippen molar-refractivity contribution in [2.45, 2.75) is 0 Å². The fourth-order valence-corrected chi connectivity index (χ4v) is 1.29. The average molecular weight is 288 g/mol. The number of likely N-dealkylation sites (N-methyl/N-ethyl adjacent to an activating group) is 1. The van der Waals surface area contributed by atoms with E-state index in [1.165, 1.54) is 7.05 Å². The molecule has 0 radical (unpaired) electrons. The second-order valence-corrected chi connectivity index (χ2v) is 3.84. The van der Waals surface area contributed by atoms with Crippen LogP contribution < -0.4 is 5.32 Å². The van der Waals surface area contributed by atoms with Gasteiger partial charge < -0.3 is 15.3 Å². The van der Waals surface area contributed by atoms with E-state index >= 15 is 0 Å². The standard InChI is InChI=1S/C9H10BrN3O3/c1-13(9(15)16)5-8(14)12-7-4-2-3-6(10)11-7/h2-4H,5H2,1H3,(H,15,16)(H,11,12,14). The van der Waals surface area contributed by atoms with Gasteiger partial charge in [-0.25, -0.2) is 9.78 Å². The number of carboxylic acid groups (broad SMARTS) is 1. The number of hydrogen-bond donors (Lipinski definition) is 2. The van der Waals surface area contributed by atoms with Crippen molar-refractivity contribution in [3.8, 4) is 0 Å². The largest absolute Gasteiger partial charge is 0.465 e. The molecule has 0 fully saturated rings. The molecule has 86 valence electrons. The SMILES string of the molecule is CN(CC(=O)Nc1cccc(Br)n1)C(=O)O. The Morgan fingerprint density at radius 1 is 1.56 bits per heavy atom. The normalized spacial score (nSPS) is 9.62. The van der Waals surface area contributed by atoms with E-state index in [0.717, 1.165) is 4.90 Å². The number of rotatable bonds is 3. The van der Waals surface area contributed by atoms with Crippen LogP contribution in [0.5, 0.6) is 0 Å². The first-order chi connectivity index (χ1) is 7.49. The van der Waals surface area contributed by atoms with E-state index in [-0.39, 0.29) is 6.54 Å². The maximum Gasteiger partial charge on any atom is 0.407 e. The van der Waals surface area contributed by atoms with Gasteiger partial charge in [0.2, 0.25) is 5.91 Å². The molecule has 7 heteroatoms. The molecule has 2 amide bonds. The lowest BCUT2D eigenvalue weighted by Crippen LogP contribution is -2.33. The molecule has 0 aliphatic rings. The van der Waals surface area contributed by atoms with Gasteiger partial charge in [-0.15, -0.1) is 0 Å². The number of nitrogens with zero attached hydrogens (tertiary/aromatic N) is 2. The number of carbonyl (C=O) groups excluding carboxylic acids is 1. The second-order valence-electron chi connectivity index (χ2n) is 3.03. The predicted octanol–water partition coefficient (Wildman–Crippen LogP) is 1.39. The van der Waals surface area contributed by atoms with Gasteiger partial charge in [0.25, 0.3) is 0 Å². The van der Waals surface area contributed by atoms with Gasteiger partial charge >= 0.3 is 6.09 Å². The van der Waals surface area contributed by atoms with E-state index in [1.54, 1.807) is 18.2 Å². The quantitative estimate of drug-likeness (QED) is 0.823. The maximum atomic E-state index is 11.4. The molecule has 0 saturated heterocycles. The number of anilines is 1. The Hall–Kier alpha value is -1.63. The highest BCUT2D eigenvalue weighted by atomic mass is 79.9. The molecule has 1 rings (SSSR count). The minimum atomic E-state index is -1.16. The van der Waals surface area contributed by atoms with Crippen LogP contribution in [0.4, 0.5) is 10.6 Å². The Balaban J connectivity index is 2.55. The smallest absolute Gasteiger partial charge is 0.407 e. The summed E-state index contributed by atoms with van der Waals surface area (Å²) in [6, 6.07) is 5.05. The number of hydrogen-bond acceptors (Lipinski definition) is 3. The summed E-state index contributed by atoms with van der Waals surface area (Å²) in [4.78, 5) is 26.7. The van der Waals surface area contributed by atoms with Gasteiger partial charge in [-0.1, -0.05) is 6.07 Å². The summed E-state index contributed by atoms with van der Waals surface area (Å²) in [6.07, 6.45) is -1.16. The van der Waals surface area contributed by atoms with Crippen molar-refractivity contribution in [3.05, 3.63) is 22.8 Å². The molecule has 0 aliphatic heterocycles. The summed E-state index contributed by atoms with van der Waals surface area (Å²) in [5.74, 6) is -0.0614. The summed E-state index contributed by atoms with van der Waals surface area (Å²) in [5.41, 5.74) is 0. The zero-order valence-electron chi connectivity index (χ0n) is 8.48. The Labute approximate surface area is 100 Å². The number of carbonyl (C=O) groups is 2. The van der Waals surface area contributed by atoms with Crippen LogP contribution in [0.2, 0.25) is 0 Å². The molecular formula is C9H10BrN3O3. The van der Waals surface area contributed by atoms with Crippen LogP contribution in [0.1, 0.15) is 0 Å². The van der Waals surface area contributed by atoms with E-state index < -0.39 is 12.0 Å². The van der Waals surface area contributed by atoms with Crippen molar-refractivity contribution in [1.82, 2.24) is 9.88 Å². The Morgan fingerprint density at radius 2 is 2.25 bits per heavy atom. The molecule has 0 unspecified atom stereocenters. The fourth-order valence-electron chi connectivity index (χ4n) is 0.943. The topological polar surface area (TPSA) is 82.5 Å². The first-order valence-corrected chi connectivity index (χ1v) is 5.15. The van der Waals surface area contributed by atoms with Crippen molar-refractivity contribution in [2.75, 3.05) is 18.9 Å². The van der Waals surface area contributed by atoms with Gasteiger partial charge in [0.15, 0.2) is 0 Å². The van der Waals surface area contributed by atoms with Crippen molar-refractivity contribution in [1.29, 1.82) is 0 Å². The van der Waals surface area contributed by atoms with Gasteiger partial charge in [-0.05, 0) is 28.1 Å². The summed E-state index contributed by atoms with van der Waals surface area (Å²) in [7, 11) is 1.32. The minimum absolute atomic E-state index is 0.233. The summed E-state index contributed by atoms with van der Waals surface area (Å²) in [6.45, 7) is -0.233. The lowest BCUT2D eigenvalue weighted by atomic mass is 10.4. The zero-order valence-corrected chi connectivity index (χ0v) is 10.1. The van der Waals surface area contributed by atoms with Gasteiger partial charge in [0, 0.05) is 7.05 Å². The van der Waals surface area contributed by atoms with Crippen molar-refractivity contribution in [3.63, 3.8) is 0 Å². The van der Waals surface area contributed by atoms with Crippen LogP contribution >= 0.6 is 15.9 Å². The highest BCUT2D eigenvalue weighted by Gasteiger charge is 2.11. The third kappa shape index (κ3) is 3.85. The van der Waals surface area contributed by atoms with E-state index in [2.05, 4.69) is 26.2 Å². The van der Waals surface area contributed by atoms with Crippen molar-refractivity contribution >= 4 is 33.7 Å². The Kier molecular flexibility index (Phi) is 4.24. The van der Waals surface area contributed by atoms with Crippen molar-refractivity contribution < 1.29 is 14.7 Å². The molecule has 0 aromatic carbocycles. The van der Waals surface area contributed by atoms with Crippen molar-refractivity contribution in [2.24, 2.45) is 0 Å². The molecule has 16 heavy (non-hydrogen) atoms. The molecule has 0 aliphatic carbocycles. The van der Waals surface area contributed by atoms with Crippen LogP contribution in [0.3, 0.4) is 0 Å². The number of aromatic nitrogens is 1. The number of nitrogens with one attached hydrogen (secondary N) is 1. The zero-order chi connectivity index (χ0) is 12.1. The lowest BCUT2D eigenvalue weighted by molar-refractivity contribution is -0.116. The molecule has 2 N–H and O–H groups in total. The van der Waals surface area contributed by atoms with Gasteiger partial charge in [0.05, 0.1) is 0 Å². The molecule has 0 spiro atoms.